The predicted molar refractivity (Wildman–Crippen MR) is 130 cm³/mol. The smallest absolute Gasteiger partial charge is 0.255 e. The molecule has 7 nitrogen and oxygen atoms in total. The summed E-state index contributed by atoms with van der Waals surface area (Å²) in [5, 5.41) is 0. The van der Waals surface area contributed by atoms with Crippen LogP contribution in [0, 0.1) is 0 Å². The van der Waals surface area contributed by atoms with Crippen LogP contribution in [0.25, 0.3) is 0 Å². The Hall–Kier alpha value is -1.64. The van der Waals surface area contributed by atoms with Gasteiger partial charge in [-0.3, -0.25) is 4.79 Å². The molecule has 184 valence electrons. The van der Waals surface area contributed by atoms with Crippen LogP contribution in [0.5, 0.6) is 0 Å². The van der Waals surface area contributed by atoms with E-state index in [1.165, 1.54) is 30.0 Å². The van der Waals surface area contributed by atoms with Crippen molar-refractivity contribution in [2.75, 3.05) is 51.3 Å². The second-order valence-corrected chi connectivity index (χ2v) is 11.6. The van der Waals surface area contributed by atoms with Crippen molar-refractivity contribution in [3.05, 3.63) is 23.8 Å². The summed E-state index contributed by atoms with van der Waals surface area (Å²) >= 11 is 0. The van der Waals surface area contributed by atoms with Gasteiger partial charge in [0, 0.05) is 45.0 Å². The maximum Gasteiger partial charge on any atom is 0.255 e. The first-order valence-corrected chi connectivity index (χ1v) is 14.2. The summed E-state index contributed by atoms with van der Waals surface area (Å²) < 4.78 is 33.5. The van der Waals surface area contributed by atoms with Crippen LogP contribution in [-0.2, 0) is 14.8 Å². The Kier molecular flexibility index (Phi) is 8.30. The van der Waals surface area contributed by atoms with E-state index in [9.17, 15) is 13.2 Å². The van der Waals surface area contributed by atoms with Gasteiger partial charge in [-0.15, -0.1) is 0 Å². The number of morpholine rings is 1. The van der Waals surface area contributed by atoms with E-state index in [1.807, 2.05) is 18.0 Å². The number of anilines is 1. The minimum absolute atomic E-state index is 0.0554. The van der Waals surface area contributed by atoms with Crippen LogP contribution in [0.3, 0.4) is 0 Å². The van der Waals surface area contributed by atoms with E-state index in [-0.39, 0.29) is 16.8 Å². The molecule has 1 aliphatic carbocycles. The number of hydrogen-bond acceptors (Lipinski definition) is 5. The van der Waals surface area contributed by atoms with Gasteiger partial charge in [-0.2, -0.15) is 4.31 Å². The van der Waals surface area contributed by atoms with Crippen LogP contribution in [0.2, 0.25) is 0 Å². The molecule has 4 rings (SSSR count). The van der Waals surface area contributed by atoms with Crippen LogP contribution in [0.1, 0.15) is 74.6 Å². The molecule has 2 heterocycles. The first kappa shape index (κ1) is 24.5. The third kappa shape index (κ3) is 5.72. The molecule has 2 saturated heterocycles. The number of sulfonamides is 1. The monoisotopic (exact) mass is 477 g/mol. The molecule has 33 heavy (non-hydrogen) atoms. The highest BCUT2D eigenvalue weighted by Gasteiger charge is 2.31. The number of rotatable bonds is 5. The first-order valence-electron chi connectivity index (χ1n) is 12.7. The molecule has 0 unspecified atom stereocenters. The Balaban J connectivity index is 1.66. The fourth-order valence-electron chi connectivity index (χ4n) is 5.37. The van der Waals surface area contributed by atoms with E-state index < -0.39 is 10.0 Å². The van der Waals surface area contributed by atoms with Gasteiger partial charge in [0.05, 0.1) is 23.7 Å². The van der Waals surface area contributed by atoms with Crippen molar-refractivity contribution in [1.82, 2.24) is 9.21 Å². The van der Waals surface area contributed by atoms with Crippen molar-refractivity contribution in [1.29, 1.82) is 0 Å². The number of benzene rings is 1. The van der Waals surface area contributed by atoms with Crippen molar-refractivity contribution in [3.8, 4) is 0 Å². The summed E-state index contributed by atoms with van der Waals surface area (Å²) in [7, 11) is -1.76. The molecule has 8 heteroatoms. The fourth-order valence-corrected chi connectivity index (χ4v) is 6.81. The molecular weight excluding hydrogens is 438 g/mol. The number of carbonyl (C=O) groups excluding carboxylic acids is 1. The summed E-state index contributed by atoms with van der Waals surface area (Å²) in [5.41, 5.74) is 1.40. The Morgan fingerprint density at radius 1 is 0.909 bits per heavy atom. The zero-order chi connectivity index (χ0) is 23.3. The minimum Gasteiger partial charge on any atom is -0.379 e. The van der Waals surface area contributed by atoms with E-state index in [0.29, 0.717) is 31.9 Å². The topological polar surface area (TPSA) is 70.2 Å². The quantitative estimate of drug-likeness (QED) is 0.644. The Morgan fingerprint density at radius 3 is 2.18 bits per heavy atom. The van der Waals surface area contributed by atoms with Crippen LogP contribution < -0.4 is 4.90 Å². The number of ether oxygens (including phenoxy) is 1. The van der Waals surface area contributed by atoms with Gasteiger partial charge in [-0.05, 0) is 50.3 Å². The van der Waals surface area contributed by atoms with Gasteiger partial charge < -0.3 is 14.5 Å². The lowest BCUT2D eigenvalue weighted by atomic mass is 9.95. The SMILES string of the molecule is CN(C(=O)c1cc(S(=O)(=O)N2CCOCC2)ccc1N1CCCCC1)C1CCCCCCC1. The molecule has 0 N–H and O–H groups in total. The van der Waals surface area contributed by atoms with Crippen molar-refractivity contribution in [3.63, 3.8) is 0 Å². The Morgan fingerprint density at radius 2 is 1.52 bits per heavy atom. The molecule has 0 bridgehead atoms. The summed E-state index contributed by atoms with van der Waals surface area (Å²) in [6, 6.07) is 5.39. The predicted octanol–water partition coefficient (Wildman–Crippen LogP) is 3.88. The van der Waals surface area contributed by atoms with E-state index in [0.717, 1.165) is 57.3 Å². The van der Waals surface area contributed by atoms with Gasteiger partial charge in [0.25, 0.3) is 5.91 Å². The average Bonchev–Trinajstić information content (AvgIpc) is 2.84. The zero-order valence-electron chi connectivity index (χ0n) is 20.0. The highest BCUT2D eigenvalue weighted by molar-refractivity contribution is 7.89. The molecule has 0 spiro atoms. The molecule has 1 aromatic carbocycles. The maximum atomic E-state index is 13.8. The summed E-state index contributed by atoms with van der Waals surface area (Å²) in [6.45, 7) is 3.32. The molecule has 1 amide bonds. The lowest BCUT2D eigenvalue weighted by Crippen LogP contribution is -2.41. The highest BCUT2D eigenvalue weighted by Crippen LogP contribution is 2.31. The third-order valence-corrected chi connectivity index (χ3v) is 9.34. The number of piperidine rings is 1. The second kappa shape index (κ2) is 11.2. The molecular formula is C25H39N3O4S. The third-order valence-electron chi connectivity index (χ3n) is 7.45. The highest BCUT2D eigenvalue weighted by atomic mass is 32.2. The van der Waals surface area contributed by atoms with Crippen molar-refractivity contribution >= 4 is 21.6 Å². The van der Waals surface area contributed by atoms with Gasteiger partial charge in [0.1, 0.15) is 0 Å². The molecule has 3 fully saturated rings. The van der Waals surface area contributed by atoms with Crippen LogP contribution in [-0.4, -0.2) is 76.0 Å². The minimum atomic E-state index is -3.66. The number of hydrogen-bond donors (Lipinski definition) is 0. The fraction of sp³-hybridized carbons (Fsp3) is 0.720. The number of nitrogens with zero attached hydrogens (tertiary/aromatic N) is 3. The van der Waals surface area contributed by atoms with Gasteiger partial charge in [0.2, 0.25) is 10.0 Å². The molecule has 0 atom stereocenters. The lowest BCUT2D eigenvalue weighted by molar-refractivity contribution is 0.0706. The lowest BCUT2D eigenvalue weighted by Gasteiger charge is -2.34. The molecule has 1 saturated carbocycles. The average molecular weight is 478 g/mol. The van der Waals surface area contributed by atoms with Crippen molar-refractivity contribution < 1.29 is 17.9 Å². The summed E-state index contributed by atoms with van der Waals surface area (Å²) in [5.74, 6) is -0.0554. The van der Waals surface area contributed by atoms with Crippen LogP contribution in [0.15, 0.2) is 23.1 Å². The number of carbonyl (C=O) groups is 1. The van der Waals surface area contributed by atoms with Gasteiger partial charge in [0.15, 0.2) is 0 Å². The van der Waals surface area contributed by atoms with E-state index >= 15 is 0 Å². The molecule has 0 radical (unpaired) electrons. The van der Waals surface area contributed by atoms with Crippen molar-refractivity contribution in [2.24, 2.45) is 0 Å². The second-order valence-electron chi connectivity index (χ2n) is 9.66. The maximum absolute atomic E-state index is 13.8. The molecule has 0 aromatic heterocycles. The van der Waals surface area contributed by atoms with Crippen LogP contribution >= 0.6 is 0 Å². The van der Waals surface area contributed by atoms with Crippen LogP contribution in [0.4, 0.5) is 5.69 Å². The van der Waals surface area contributed by atoms with E-state index in [4.69, 9.17) is 4.74 Å². The van der Waals surface area contributed by atoms with E-state index in [2.05, 4.69) is 4.90 Å². The molecule has 2 aliphatic heterocycles. The zero-order valence-corrected chi connectivity index (χ0v) is 20.8. The standard InChI is InChI=1S/C25H39N3O4S/c1-26(21-10-6-3-2-4-7-11-21)25(29)23-20-22(33(30,31)28-16-18-32-19-17-28)12-13-24(23)27-14-8-5-9-15-27/h12-13,20-21H,2-11,14-19H2,1H3. The summed E-state index contributed by atoms with van der Waals surface area (Å²) in [6.07, 6.45) is 11.5. The Labute approximate surface area is 199 Å². The first-order chi connectivity index (χ1) is 16.0. The largest absolute Gasteiger partial charge is 0.379 e. The van der Waals surface area contributed by atoms with Crippen molar-refractivity contribution in [2.45, 2.75) is 75.1 Å². The molecule has 1 aromatic rings. The number of amides is 1. The summed E-state index contributed by atoms with van der Waals surface area (Å²) in [4.78, 5) is 18.2. The molecule has 3 aliphatic rings. The Bertz CT molecular complexity index is 900. The van der Waals surface area contributed by atoms with Gasteiger partial charge in [-0.25, -0.2) is 8.42 Å². The van der Waals surface area contributed by atoms with E-state index in [1.54, 1.807) is 12.1 Å². The normalized spacial score (nSPS) is 21.9. The van der Waals surface area contributed by atoms with Gasteiger partial charge >= 0.3 is 0 Å². The van der Waals surface area contributed by atoms with Gasteiger partial charge in [-0.1, -0.05) is 32.1 Å².